The molecule has 0 spiro atoms. The Balaban J connectivity index is 2.11. The first kappa shape index (κ1) is 13.8. The van der Waals surface area contributed by atoms with Crippen molar-refractivity contribution in [1.82, 2.24) is 9.80 Å². The smallest absolute Gasteiger partial charge is 0.170 e. The lowest BCUT2D eigenvalue weighted by molar-refractivity contribution is 0.0999. The first-order valence-electron chi connectivity index (χ1n) is 6.60. The molecule has 5 nitrogen and oxygen atoms in total. The average Bonchev–Trinajstić information content (AvgIpc) is 2.43. The van der Waals surface area contributed by atoms with Crippen molar-refractivity contribution < 1.29 is 5.21 Å². The highest BCUT2D eigenvalue weighted by Gasteiger charge is 2.21. The normalized spacial score (nSPS) is 22.6. The minimum absolute atomic E-state index is 0.178. The molecule has 0 aliphatic carbocycles. The lowest BCUT2D eigenvalue weighted by atomic mass is 10.1. The number of hydrogen-bond acceptors (Lipinski definition) is 4. The van der Waals surface area contributed by atoms with Crippen LogP contribution < -0.4 is 5.73 Å². The number of likely N-dealkylation sites (N-methyl/N-ethyl adjacent to an activating group) is 1. The van der Waals surface area contributed by atoms with Gasteiger partial charge in [0.15, 0.2) is 5.84 Å². The van der Waals surface area contributed by atoms with E-state index in [1.807, 2.05) is 24.3 Å². The number of oxime groups is 1. The van der Waals surface area contributed by atoms with Gasteiger partial charge in [-0.15, -0.1) is 0 Å². The van der Waals surface area contributed by atoms with Gasteiger partial charge >= 0.3 is 0 Å². The van der Waals surface area contributed by atoms with E-state index in [2.05, 4.69) is 28.9 Å². The zero-order chi connectivity index (χ0) is 13.8. The van der Waals surface area contributed by atoms with Gasteiger partial charge in [-0.3, -0.25) is 4.90 Å². The maximum Gasteiger partial charge on any atom is 0.170 e. The molecule has 1 aromatic carbocycles. The molecule has 1 fully saturated rings. The van der Waals surface area contributed by atoms with Crippen LogP contribution in [0, 0.1) is 0 Å². The second-order valence-corrected chi connectivity index (χ2v) is 5.21. The molecule has 1 saturated heterocycles. The van der Waals surface area contributed by atoms with Gasteiger partial charge in [-0.05, 0) is 19.5 Å². The third-order valence-corrected chi connectivity index (χ3v) is 3.84. The Morgan fingerprint density at radius 2 is 2.16 bits per heavy atom. The number of nitrogens with two attached hydrogens (primary N) is 1. The predicted molar refractivity (Wildman–Crippen MR) is 76.3 cm³/mol. The van der Waals surface area contributed by atoms with Crippen LogP contribution in [0.1, 0.15) is 18.1 Å². The monoisotopic (exact) mass is 262 g/mol. The fraction of sp³-hybridized carbons (Fsp3) is 0.500. The van der Waals surface area contributed by atoms with Crippen LogP contribution in [0.4, 0.5) is 0 Å². The van der Waals surface area contributed by atoms with Gasteiger partial charge in [0.05, 0.1) is 0 Å². The van der Waals surface area contributed by atoms with Crippen LogP contribution in [-0.2, 0) is 6.54 Å². The van der Waals surface area contributed by atoms with Gasteiger partial charge < -0.3 is 15.8 Å². The zero-order valence-electron chi connectivity index (χ0n) is 11.6. The maximum absolute atomic E-state index is 8.84. The number of benzene rings is 1. The van der Waals surface area contributed by atoms with Crippen LogP contribution in [0.2, 0.25) is 0 Å². The number of nitrogens with zero attached hydrogens (tertiary/aromatic N) is 3. The molecule has 0 aromatic heterocycles. The molecule has 0 amide bonds. The third-order valence-electron chi connectivity index (χ3n) is 3.84. The minimum atomic E-state index is 0.178. The van der Waals surface area contributed by atoms with Gasteiger partial charge in [0, 0.05) is 37.8 Å². The molecule has 0 saturated carbocycles. The highest BCUT2D eigenvalue weighted by Crippen LogP contribution is 2.15. The van der Waals surface area contributed by atoms with Crippen LogP contribution >= 0.6 is 0 Å². The standard InChI is InChI=1S/C14H22N4O/c1-11-9-18(8-7-17(11)2)10-12-5-3-4-6-13(12)14(15)16-19/h3-6,11,19H,7-10H2,1-2H3,(H2,15,16). The molecule has 1 aromatic rings. The summed E-state index contributed by atoms with van der Waals surface area (Å²) in [6.07, 6.45) is 0. The van der Waals surface area contributed by atoms with E-state index in [0.717, 1.165) is 37.3 Å². The number of hydrogen-bond donors (Lipinski definition) is 2. The highest BCUT2D eigenvalue weighted by atomic mass is 16.4. The molecule has 1 heterocycles. The summed E-state index contributed by atoms with van der Waals surface area (Å²) in [4.78, 5) is 4.78. The molecular weight excluding hydrogens is 240 g/mol. The molecule has 0 radical (unpaired) electrons. The summed E-state index contributed by atoms with van der Waals surface area (Å²) in [5, 5.41) is 11.9. The first-order chi connectivity index (χ1) is 9.11. The predicted octanol–water partition coefficient (Wildman–Crippen LogP) is 0.917. The van der Waals surface area contributed by atoms with E-state index in [4.69, 9.17) is 10.9 Å². The van der Waals surface area contributed by atoms with E-state index in [1.165, 1.54) is 0 Å². The quantitative estimate of drug-likeness (QED) is 0.368. The van der Waals surface area contributed by atoms with Gasteiger partial charge in [0.1, 0.15) is 0 Å². The number of amidine groups is 1. The lowest BCUT2D eigenvalue weighted by Gasteiger charge is -2.37. The summed E-state index contributed by atoms with van der Waals surface area (Å²) in [6, 6.07) is 8.39. The SMILES string of the molecule is CC1CN(Cc2ccccc2C(N)=NO)CCN1C. The van der Waals surface area contributed by atoms with Gasteiger partial charge in [0.2, 0.25) is 0 Å². The van der Waals surface area contributed by atoms with Crippen molar-refractivity contribution in [3.05, 3.63) is 35.4 Å². The maximum atomic E-state index is 8.84. The minimum Gasteiger partial charge on any atom is -0.409 e. The van der Waals surface area contributed by atoms with Gasteiger partial charge in [-0.25, -0.2) is 0 Å². The van der Waals surface area contributed by atoms with Gasteiger partial charge in [-0.2, -0.15) is 0 Å². The molecule has 1 aliphatic heterocycles. The van der Waals surface area contributed by atoms with Crippen molar-refractivity contribution in [1.29, 1.82) is 0 Å². The van der Waals surface area contributed by atoms with Crippen molar-refractivity contribution in [2.75, 3.05) is 26.7 Å². The summed E-state index contributed by atoms with van der Waals surface area (Å²) in [7, 11) is 2.16. The molecule has 104 valence electrons. The summed E-state index contributed by atoms with van der Waals surface area (Å²) in [6.45, 7) is 6.24. The first-order valence-corrected chi connectivity index (χ1v) is 6.60. The molecule has 1 unspecified atom stereocenters. The van der Waals surface area contributed by atoms with Crippen LogP contribution in [0.5, 0.6) is 0 Å². The Morgan fingerprint density at radius 3 is 2.84 bits per heavy atom. The van der Waals surface area contributed by atoms with Crippen molar-refractivity contribution in [2.24, 2.45) is 10.9 Å². The Labute approximate surface area is 114 Å². The third kappa shape index (κ3) is 3.24. The molecule has 19 heavy (non-hydrogen) atoms. The number of piperazine rings is 1. The molecule has 0 bridgehead atoms. The van der Waals surface area contributed by atoms with E-state index >= 15 is 0 Å². The van der Waals surface area contributed by atoms with Crippen molar-refractivity contribution >= 4 is 5.84 Å². The van der Waals surface area contributed by atoms with E-state index < -0.39 is 0 Å². The fourth-order valence-corrected chi connectivity index (χ4v) is 2.47. The van der Waals surface area contributed by atoms with Crippen LogP contribution in [0.25, 0.3) is 0 Å². The van der Waals surface area contributed by atoms with Gasteiger partial charge in [0.25, 0.3) is 0 Å². The number of rotatable bonds is 3. The summed E-state index contributed by atoms with van der Waals surface area (Å²) >= 11 is 0. The van der Waals surface area contributed by atoms with Crippen molar-refractivity contribution in [2.45, 2.75) is 19.5 Å². The fourth-order valence-electron chi connectivity index (χ4n) is 2.47. The van der Waals surface area contributed by atoms with E-state index in [9.17, 15) is 0 Å². The second kappa shape index (κ2) is 6.04. The Morgan fingerprint density at radius 1 is 1.42 bits per heavy atom. The molecule has 1 atom stereocenters. The largest absolute Gasteiger partial charge is 0.409 e. The average molecular weight is 262 g/mol. The molecule has 2 rings (SSSR count). The Hall–Kier alpha value is -1.59. The molecule has 1 aliphatic rings. The lowest BCUT2D eigenvalue weighted by Crippen LogP contribution is -2.49. The Kier molecular flexibility index (Phi) is 4.39. The summed E-state index contributed by atoms with van der Waals surface area (Å²) in [5.74, 6) is 0.178. The second-order valence-electron chi connectivity index (χ2n) is 5.21. The van der Waals surface area contributed by atoms with Crippen LogP contribution in [-0.4, -0.2) is 53.6 Å². The molecule has 5 heteroatoms. The van der Waals surface area contributed by atoms with E-state index in [-0.39, 0.29) is 5.84 Å². The highest BCUT2D eigenvalue weighted by molar-refractivity contribution is 5.98. The topological polar surface area (TPSA) is 65.1 Å². The molecule has 3 N–H and O–H groups in total. The molecular formula is C14H22N4O. The van der Waals surface area contributed by atoms with E-state index in [0.29, 0.717) is 6.04 Å². The summed E-state index contributed by atoms with van der Waals surface area (Å²) in [5.41, 5.74) is 7.65. The summed E-state index contributed by atoms with van der Waals surface area (Å²) < 4.78 is 0. The van der Waals surface area contributed by atoms with Crippen LogP contribution in [0.3, 0.4) is 0 Å². The zero-order valence-corrected chi connectivity index (χ0v) is 11.6. The van der Waals surface area contributed by atoms with Crippen molar-refractivity contribution in [3.63, 3.8) is 0 Å². The van der Waals surface area contributed by atoms with E-state index in [1.54, 1.807) is 0 Å². The van der Waals surface area contributed by atoms with Crippen molar-refractivity contribution in [3.8, 4) is 0 Å². The Bertz CT molecular complexity index is 461. The van der Waals surface area contributed by atoms with Gasteiger partial charge in [-0.1, -0.05) is 29.4 Å². The van der Waals surface area contributed by atoms with Crippen LogP contribution in [0.15, 0.2) is 29.4 Å².